The number of halogens is 3. The van der Waals surface area contributed by atoms with E-state index in [1.54, 1.807) is 6.07 Å². The minimum absolute atomic E-state index is 0.112. The molecule has 33 heavy (non-hydrogen) atoms. The van der Waals surface area contributed by atoms with Crippen molar-refractivity contribution in [1.29, 1.82) is 0 Å². The highest BCUT2D eigenvalue weighted by Crippen LogP contribution is 2.28. The van der Waals surface area contributed by atoms with Gasteiger partial charge in [-0.05, 0) is 44.9 Å². The minimum Gasteiger partial charge on any atom is -0.454 e. The SMILES string of the molecule is Cc1cc(C(=O)COC(=O)c2cc3ccccc3nc2N2CCCC2)c(C)n1CC(F)(F)F. The van der Waals surface area contributed by atoms with E-state index in [1.165, 1.54) is 19.9 Å². The van der Waals surface area contributed by atoms with E-state index in [0.717, 1.165) is 41.4 Å². The number of nitrogens with zero attached hydrogens (tertiary/aromatic N) is 3. The fraction of sp³-hybridized carbons (Fsp3) is 0.375. The van der Waals surface area contributed by atoms with Crippen LogP contribution < -0.4 is 4.90 Å². The maximum atomic E-state index is 13.0. The normalized spacial score (nSPS) is 14.2. The van der Waals surface area contributed by atoms with Crippen molar-refractivity contribution in [1.82, 2.24) is 9.55 Å². The highest BCUT2D eigenvalue weighted by Gasteiger charge is 2.30. The summed E-state index contributed by atoms with van der Waals surface area (Å²) < 4.78 is 44.9. The van der Waals surface area contributed by atoms with Crippen molar-refractivity contribution in [2.24, 2.45) is 0 Å². The molecular weight excluding hydrogens is 435 g/mol. The standard InChI is InChI=1S/C24H24F3N3O3/c1-15-11-18(16(2)30(15)14-24(25,26)27)21(31)13-33-23(32)19-12-17-7-3-4-8-20(17)28-22(19)29-9-5-6-10-29/h3-4,7-8,11-12H,5-6,9-10,13-14H2,1-2H3. The molecule has 4 rings (SSSR count). The lowest BCUT2D eigenvalue weighted by Gasteiger charge is -2.20. The maximum absolute atomic E-state index is 13.0. The van der Waals surface area contributed by atoms with Gasteiger partial charge in [-0.25, -0.2) is 9.78 Å². The molecular formula is C24H24F3N3O3. The summed E-state index contributed by atoms with van der Waals surface area (Å²) in [6.45, 7) is 2.75. The predicted molar refractivity (Wildman–Crippen MR) is 118 cm³/mol. The zero-order valence-electron chi connectivity index (χ0n) is 18.4. The van der Waals surface area contributed by atoms with E-state index in [4.69, 9.17) is 4.74 Å². The number of alkyl halides is 3. The third-order valence-electron chi connectivity index (χ3n) is 5.88. The molecule has 0 saturated carbocycles. The fourth-order valence-electron chi connectivity index (χ4n) is 4.22. The predicted octanol–water partition coefficient (Wildman–Crippen LogP) is 4.86. The summed E-state index contributed by atoms with van der Waals surface area (Å²) in [5.41, 5.74) is 1.64. The van der Waals surface area contributed by atoms with Gasteiger partial charge in [0, 0.05) is 35.4 Å². The molecule has 2 aromatic heterocycles. The number of benzene rings is 1. The highest BCUT2D eigenvalue weighted by atomic mass is 19.4. The van der Waals surface area contributed by atoms with Gasteiger partial charge in [0.1, 0.15) is 17.9 Å². The van der Waals surface area contributed by atoms with Gasteiger partial charge in [-0.15, -0.1) is 0 Å². The number of anilines is 1. The molecule has 0 radical (unpaired) electrons. The topological polar surface area (TPSA) is 64.4 Å². The van der Waals surface area contributed by atoms with Crippen molar-refractivity contribution in [2.45, 2.75) is 39.4 Å². The number of fused-ring (bicyclic) bond motifs is 1. The number of aryl methyl sites for hydroxylation is 1. The summed E-state index contributed by atoms with van der Waals surface area (Å²) in [5.74, 6) is -0.721. The second-order valence-corrected chi connectivity index (χ2v) is 8.23. The molecule has 0 amide bonds. The molecule has 1 aromatic carbocycles. The van der Waals surface area contributed by atoms with Crippen LogP contribution in [0.4, 0.5) is 19.0 Å². The molecule has 6 nitrogen and oxygen atoms in total. The van der Waals surface area contributed by atoms with E-state index in [0.29, 0.717) is 11.5 Å². The van der Waals surface area contributed by atoms with Crippen molar-refractivity contribution in [2.75, 3.05) is 24.6 Å². The van der Waals surface area contributed by atoms with Crippen LogP contribution in [0, 0.1) is 13.8 Å². The number of esters is 1. The average molecular weight is 459 g/mol. The molecule has 3 heterocycles. The number of rotatable bonds is 6. The second-order valence-electron chi connectivity index (χ2n) is 8.23. The van der Waals surface area contributed by atoms with E-state index >= 15 is 0 Å². The van der Waals surface area contributed by atoms with Gasteiger partial charge in [0.15, 0.2) is 6.61 Å². The number of ether oxygens (including phenoxy) is 1. The van der Waals surface area contributed by atoms with E-state index in [2.05, 4.69) is 4.98 Å². The number of carbonyl (C=O) groups is 2. The zero-order chi connectivity index (χ0) is 23.8. The number of aromatic nitrogens is 2. The minimum atomic E-state index is -4.41. The molecule has 1 aliphatic rings. The number of ketones is 1. The summed E-state index contributed by atoms with van der Waals surface area (Å²) in [5, 5.41) is 0.773. The molecule has 0 N–H and O–H groups in total. The number of pyridine rings is 1. The Hall–Kier alpha value is -3.36. The first-order valence-electron chi connectivity index (χ1n) is 10.7. The first-order valence-corrected chi connectivity index (χ1v) is 10.7. The lowest BCUT2D eigenvalue weighted by Crippen LogP contribution is -2.24. The van der Waals surface area contributed by atoms with Crippen LogP contribution in [-0.2, 0) is 11.3 Å². The van der Waals surface area contributed by atoms with E-state index in [-0.39, 0.29) is 16.8 Å². The van der Waals surface area contributed by atoms with Crippen LogP contribution in [0.15, 0.2) is 36.4 Å². The molecule has 3 aromatic rings. The highest BCUT2D eigenvalue weighted by molar-refractivity contribution is 6.03. The van der Waals surface area contributed by atoms with Gasteiger partial charge >= 0.3 is 12.1 Å². The van der Waals surface area contributed by atoms with Crippen LogP contribution in [0.5, 0.6) is 0 Å². The van der Waals surface area contributed by atoms with Gasteiger partial charge in [-0.1, -0.05) is 18.2 Å². The lowest BCUT2D eigenvalue weighted by atomic mass is 10.1. The molecule has 0 aliphatic carbocycles. The maximum Gasteiger partial charge on any atom is 0.406 e. The number of carbonyl (C=O) groups excluding carboxylic acids is 2. The Morgan fingerprint density at radius 3 is 2.45 bits per heavy atom. The van der Waals surface area contributed by atoms with Crippen molar-refractivity contribution in [3.05, 3.63) is 58.9 Å². The van der Waals surface area contributed by atoms with Gasteiger partial charge in [0.2, 0.25) is 5.78 Å². The first kappa shape index (κ1) is 22.8. The third-order valence-corrected chi connectivity index (χ3v) is 5.88. The molecule has 174 valence electrons. The smallest absolute Gasteiger partial charge is 0.406 e. The monoisotopic (exact) mass is 459 g/mol. The number of Topliss-reactive ketones (excluding diaryl/α,β-unsaturated/α-hetero) is 1. The lowest BCUT2D eigenvalue weighted by molar-refractivity contribution is -0.141. The number of hydrogen-bond acceptors (Lipinski definition) is 5. The quantitative estimate of drug-likeness (QED) is 0.389. The Morgan fingerprint density at radius 2 is 1.76 bits per heavy atom. The Balaban J connectivity index is 1.55. The molecule has 1 saturated heterocycles. The first-order chi connectivity index (χ1) is 15.6. The summed E-state index contributed by atoms with van der Waals surface area (Å²) in [6.07, 6.45) is -2.42. The number of hydrogen-bond donors (Lipinski definition) is 0. The molecule has 9 heteroatoms. The largest absolute Gasteiger partial charge is 0.454 e. The van der Waals surface area contributed by atoms with Crippen molar-refractivity contribution >= 4 is 28.5 Å². The average Bonchev–Trinajstić information content (AvgIpc) is 3.40. The Morgan fingerprint density at radius 1 is 1.06 bits per heavy atom. The van der Waals surface area contributed by atoms with Crippen molar-refractivity contribution < 1.29 is 27.5 Å². The number of para-hydroxylation sites is 1. The van der Waals surface area contributed by atoms with Gasteiger partial charge in [-0.2, -0.15) is 13.2 Å². The van der Waals surface area contributed by atoms with Crippen LogP contribution in [0.25, 0.3) is 10.9 Å². The van der Waals surface area contributed by atoms with Gasteiger partial charge in [-0.3, -0.25) is 4.79 Å². The third kappa shape index (κ3) is 4.86. The summed E-state index contributed by atoms with van der Waals surface area (Å²) in [4.78, 5) is 32.3. The Labute approximate surface area is 189 Å². The van der Waals surface area contributed by atoms with Crippen LogP contribution in [-0.4, -0.2) is 47.2 Å². The van der Waals surface area contributed by atoms with Crippen LogP contribution >= 0.6 is 0 Å². The van der Waals surface area contributed by atoms with Gasteiger partial charge in [0.25, 0.3) is 0 Å². The van der Waals surface area contributed by atoms with Crippen molar-refractivity contribution in [3.63, 3.8) is 0 Å². The van der Waals surface area contributed by atoms with E-state index < -0.39 is 31.1 Å². The summed E-state index contributed by atoms with van der Waals surface area (Å²) in [6, 6.07) is 10.5. The zero-order valence-corrected chi connectivity index (χ0v) is 18.4. The molecule has 1 fully saturated rings. The van der Waals surface area contributed by atoms with Crippen LogP contribution in [0.1, 0.15) is 44.9 Å². The molecule has 0 spiro atoms. The Bertz CT molecular complexity index is 1210. The molecule has 1 aliphatic heterocycles. The molecule has 0 unspecified atom stereocenters. The second kappa shape index (κ2) is 8.88. The van der Waals surface area contributed by atoms with E-state index in [1.807, 2.05) is 29.2 Å². The van der Waals surface area contributed by atoms with Crippen LogP contribution in [0.3, 0.4) is 0 Å². The summed E-state index contributed by atoms with van der Waals surface area (Å²) in [7, 11) is 0. The van der Waals surface area contributed by atoms with Crippen LogP contribution in [0.2, 0.25) is 0 Å². The Kier molecular flexibility index (Phi) is 6.14. The molecule has 0 atom stereocenters. The van der Waals surface area contributed by atoms with Crippen molar-refractivity contribution in [3.8, 4) is 0 Å². The summed E-state index contributed by atoms with van der Waals surface area (Å²) >= 11 is 0. The fourth-order valence-corrected chi connectivity index (χ4v) is 4.22. The van der Waals surface area contributed by atoms with Gasteiger partial charge < -0.3 is 14.2 Å². The molecule has 0 bridgehead atoms. The van der Waals surface area contributed by atoms with Gasteiger partial charge in [0.05, 0.1) is 5.52 Å². The van der Waals surface area contributed by atoms with E-state index in [9.17, 15) is 22.8 Å².